The van der Waals surface area contributed by atoms with E-state index in [1.165, 1.54) is 96.3 Å². The van der Waals surface area contributed by atoms with Gasteiger partial charge >= 0.3 is 0 Å². The van der Waals surface area contributed by atoms with Crippen LogP contribution in [-0.4, -0.2) is 53.3 Å². The third-order valence-corrected chi connectivity index (χ3v) is 11.0. The van der Waals surface area contributed by atoms with E-state index >= 15 is 0 Å². The lowest BCUT2D eigenvalue weighted by molar-refractivity contribution is 0.180. The molecule has 0 heterocycles. The minimum Gasteiger partial charge on any atom is -0.270 e. The van der Waals surface area contributed by atoms with Crippen LogP contribution in [0, 0.1) is 0 Å². The Balaban J connectivity index is 1.84. The maximum absolute atomic E-state index is 14.8. The highest BCUT2D eigenvalue weighted by Crippen LogP contribution is 2.60. The summed E-state index contributed by atoms with van der Waals surface area (Å²) >= 11 is 0. The Labute approximate surface area is 162 Å². The van der Waals surface area contributed by atoms with E-state index in [0.29, 0.717) is 18.1 Å². The first-order valence-electron chi connectivity index (χ1n) is 11.3. The SMILES string of the molecule is CN(C1CCCCC1)P(=O)(N(C)C1CCCCC1)N(C)C1CCCCC1. The second kappa shape index (κ2) is 9.54. The Morgan fingerprint density at radius 1 is 0.500 bits per heavy atom. The van der Waals surface area contributed by atoms with Crippen LogP contribution in [-0.2, 0) is 4.57 Å². The van der Waals surface area contributed by atoms with Gasteiger partial charge in [-0.2, -0.15) is 0 Å². The molecule has 0 aromatic heterocycles. The predicted octanol–water partition coefficient (Wildman–Crippen LogP) is 5.89. The van der Waals surface area contributed by atoms with E-state index in [-0.39, 0.29) is 0 Å². The summed E-state index contributed by atoms with van der Waals surface area (Å²) in [4.78, 5) is 0. The van der Waals surface area contributed by atoms with Crippen LogP contribution < -0.4 is 0 Å². The highest BCUT2D eigenvalue weighted by molar-refractivity contribution is 7.56. The summed E-state index contributed by atoms with van der Waals surface area (Å²) < 4.78 is 21.8. The molecule has 3 fully saturated rings. The van der Waals surface area contributed by atoms with Crippen LogP contribution >= 0.6 is 7.59 Å². The molecule has 0 radical (unpaired) electrons. The van der Waals surface area contributed by atoms with E-state index in [9.17, 15) is 4.57 Å². The number of hydrogen-bond acceptors (Lipinski definition) is 1. The van der Waals surface area contributed by atoms with Crippen LogP contribution in [0.5, 0.6) is 0 Å². The van der Waals surface area contributed by atoms with Gasteiger partial charge in [0.25, 0.3) is 7.59 Å². The molecule has 3 aliphatic carbocycles. The van der Waals surface area contributed by atoms with Crippen LogP contribution in [0.4, 0.5) is 0 Å². The topological polar surface area (TPSA) is 26.8 Å². The van der Waals surface area contributed by atoms with E-state index in [1.54, 1.807) is 0 Å². The Morgan fingerprint density at radius 3 is 0.962 bits per heavy atom. The fourth-order valence-electron chi connectivity index (χ4n) is 5.67. The molecule has 3 aliphatic rings. The van der Waals surface area contributed by atoms with Gasteiger partial charge in [-0.05, 0) is 59.7 Å². The molecule has 0 aliphatic heterocycles. The van der Waals surface area contributed by atoms with Crippen LogP contribution in [0.25, 0.3) is 0 Å². The van der Waals surface area contributed by atoms with Crippen molar-refractivity contribution in [1.29, 1.82) is 0 Å². The summed E-state index contributed by atoms with van der Waals surface area (Å²) in [6, 6.07) is 1.48. The lowest BCUT2D eigenvalue weighted by Gasteiger charge is -2.50. The second-order valence-corrected chi connectivity index (χ2v) is 12.0. The first-order chi connectivity index (χ1) is 12.5. The van der Waals surface area contributed by atoms with Gasteiger partial charge in [0.2, 0.25) is 0 Å². The molecule has 3 rings (SSSR count). The molecule has 0 aromatic rings. The van der Waals surface area contributed by atoms with E-state index < -0.39 is 7.59 Å². The predicted molar refractivity (Wildman–Crippen MR) is 112 cm³/mol. The van der Waals surface area contributed by atoms with Crippen molar-refractivity contribution in [2.45, 2.75) is 114 Å². The maximum atomic E-state index is 14.8. The fourth-order valence-corrected chi connectivity index (χ4v) is 8.97. The van der Waals surface area contributed by atoms with Crippen LogP contribution in [0.2, 0.25) is 0 Å². The Bertz CT molecular complexity index is 401. The molecular formula is C21H42N3OP. The van der Waals surface area contributed by atoms with Crippen LogP contribution in [0.1, 0.15) is 96.3 Å². The summed E-state index contributed by atoms with van der Waals surface area (Å²) in [5, 5.41) is 0. The van der Waals surface area contributed by atoms with E-state index in [1.807, 2.05) is 0 Å². The zero-order chi connectivity index (χ0) is 18.6. The van der Waals surface area contributed by atoms with Gasteiger partial charge < -0.3 is 0 Å². The van der Waals surface area contributed by atoms with Gasteiger partial charge in [0, 0.05) is 18.1 Å². The quantitative estimate of drug-likeness (QED) is 0.535. The Morgan fingerprint density at radius 2 is 0.731 bits per heavy atom. The summed E-state index contributed by atoms with van der Waals surface area (Å²) in [5.74, 6) is 0. The van der Waals surface area contributed by atoms with Crippen molar-refractivity contribution >= 4 is 7.59 Å². The lowest BCUT2D eigenvalue weighted by Crippen LogP contribution is -2.48. The number of hydrogen-bond donors (Lipinski definition) is 0. The van der Waals surface area contributed by atoms with Gasteiger partial charge in [-0.1, -0.05) is 57.8 Å². The summed E-state index contributed by atoms with van der Waals surface area (Å²) in [6.45, 7) is 0. The third kappa shape index (κ3) is 4.40. The zero-order valence-corrected chi connectivity index (χ0v) is 18.4. The van der Waals surface area contributed by atoms with E-state index in [4.69, 9.17) is 0 Å². The number of rotatable bonds is 6. The normalized spacial score (nSPS) is 25.5. The number of nitrogens with zero attached hydrogens (tertiary/aromatic N) is 3. The van der Waals surface area contributed by atoms with Gasteiger partial charge in [-0.15, -0.1) is 0 Å². The van der Waals surface area contributed by atoms with Gasteiger partial charge in [0.05, 0.1) is 0 Å². The molecule has 0 unspecified atom stereocenters. The molecule has 0 aromatic carbocycles. The average molecular weight is 384 g/mol. The van der Waals surface area contributed by atoms with E-state index in [0.717, 1.165) is 0 Å². The second-order valence-electron chi connectivity index (χ2n) is 9.11. The molecule has 26 heavy (non-hydrogen) atoms. The van der Waals surface area contributed by atoms with Crippen LogP contribution in [0.15, 0.2) is 0 Å². The minimum atomic E-state index is -2.70. The summed E-state index contributed by atoms with van der Waals surface area (Å²) in [6.07, 6.45) is 19.2. The third-order valence-electron chi connectivity index (χ3n) is 7.54. The van der Waals surface area contributed by atoms with Crippen molar-refractivity contribution in [3.05, 3.63) is 0 Å². The molecule has 0 amide bonds. The summed E-state index contributed by atoms with van der Waals surface area (Å²) in [7, 11) is 3.83. The van der Waals surface area contributed by atoms with Crippen molar-refractivity contribution in [2.75, 3.05) is 21.1 Å². The van der Waals surface area contributed by atoms with Crippen LogP contribution in [0.3, 0.4) is 0 Å². The first kappa shape index (κ1) is 20.8. The molecule has 0 spiro atoms. The zero-order valence-electron chi connectivity index (χ0n) is 17.5. The Hall–Kier alpha value is 0.110. The highest BCUT2D eigenvalue weighted by atomic mass is 31.2. The molecule has 0 N–H and O–H groups in total. The fraction of sp³-hybridized carbons (Fsp3) is 1.00. The molecule has 152 valence electrons. The first-order valence-corrected chi connectivity index (χ1v) is 12.9. The van der Waals surface area contributed by atoms with Crippen molar-refractivity contribution in [2.24, 2.45) is 0 Å². The molecule has 4 nitrogen and oxygen atoms in total. The summed E-state index contributed by atoms with van der Waals surface area (Å²) in [5.41, 5.74) is 0. The minimum absolute atomic E-state index is 0.492. The van der Waals surface area contributed by atoms with Gasteiger partial charge in [0.1, 0.15) is 0 Å². The molecule has 3 saturated carbocycles. The Kier molecular flexibility index (Phi) is 7.65. The standard InChI is InChI=1S/C21H42N3OP/c1-22(19-13-7-4-8-14-19)26(25,23(2)20-15-9-5-10-16-20)24(3)21-17-11-6-12-18-21/h19-21H,4-18H2,1-3H3. The average Bonchev–Trinajstić information content (AvgIpc) is 2.73. The maximum Gasteiger partial charge on any atom is 0.286 e. The van der Waals surface area contributed by atoms with E-state index in [2.05, 4.69) is 35.2 Å². The smallest absolute Gasteiger partial charge is 0.270 e. The molecular weight excluding hydrogens is 341 g/mol. The highest BCUT2D eigenvalue weighted by Gasteiger charge is 2.45. The monoisotopic (exact) mass is 383 g/mol. The lowest BCUT2D eigenvalue weighted by atomic mass is 9.96. The van der Waals surface area contributed by atoms with Gasteiger partial charge in [-0.25, -0.2) is 14.0 Å². The van der Waals surface area contributed by atoms with Crippen molar-refractivity contribution in [3.63, 3.8) is 0 Å². The van der Waals surface area contributed by atoms with Crippen molar-refractivity contribution in [1.82, 2.24) is 14.0 Å². The van der Waals surface area contributed by atoms with Crippen molar-refractivity contribution in [3.8, 4) is 0 Å². The molecule has 5 heteroatoms. The molecule has 0 bridgehead atoms. The van der Waals surface area contributed by atoms with Gasteiger partial charge in [-0.3, -0.25) is 4.57 Å². The largest absolute Gasteiger partial charge is 0.286 e. The molecule has 0 atom stereocenters. The van der Waals surface area contributed by atoms with Crippen molar-refractivity contribution < 1.29 is 4.57 Å². The molecule has 0 saturated heterocycles. The van der Waals surface area contributed by atoms with Gasteiger partial charge in [0.15, 0.2) is 0 Å².